The van der Waals surface area contributed by atoms with Crippen molar-refractivity contribution in [3.63, 3.8) is 0 Å². The zero-order chi connectivity index (χ0) is 18.4. The molecule has 25 heavy (non-hydrogen) atoms. The maximum Gasteiger partial charge on any atom is 0.416 e. The standard InChI is InChI=1S/C17H14F3IN2O2/c18-17(19,20)12-5-3-4-11(8-12)9-22-15(24)10-23-16(25)13-6-1-2-7-14(13)21/h1-8H,9-10H2,(H,22,24)(H,23,25). The van der Waals surface area contributed by atoms with Crippen molar-refractivity contribution in [2.45, 2.75) is 12.7 Å². The van der Waals surface area contributed by atoms with E-state index < -0.39 is 17.6 Å². The van der Waals surface area contributed by atoms with Crippen molar-refractivity contribution in [2.24, 2.45) is 0 Å². The van der Waals surface area contributed by atoms with E-state index in [2.05, 4.69) is 10.6 Å². The normalized spacial score (nSPS) is 11.0. The zero-order valence-electron chi connectivity index (χ0n) is 12.9. The van der Waals surface area contributed by atoms with Gasteiger partial charge in [-0.1, -0.05) is 24.3 Å². The number of carbonyl (C=O) groups excluding carboxylic acids is 2. The van der Waals surface area contributed by atoms with Gasteiger partial charge in [-0.15, -0.1) is 0 Å². The van der Waals surface area contributed by atoms with Crippen molar-refractivity contribution >= 4 is 34.4 Å². The van der Waals surface area contributed by atoms with E-state index in [1.54, 1.807) is 24.3 Å². The van der Waals surface area contributed by atoms with Crippen molar-refractivity contribution in [3.8, 4) is 0 Å². The average molecular weight is 462 g/mol. The van der Waals surface area contributed by atoms with Gasteiger partial charge in [0.1, 0.15) is 0 Å². The van der Waals surface area contributed by atoms with Crippen LogP contribution in [-0.4, -0.2) is 18.4 Å². The molecule has 2 N–H and O–H groups in total. The van der Waals surface area contributed by atoms with Crippen molar-refractivity contribution < 1.29 is 22.8 Å². The molecular weight excluding hydrogens is 448 g/mol. The highest BCUT2D eigenvalue weighted by Crippen LogP contribution is 2.29. The Morgan fingerprint density at radius 2 is 1.72 bits per heavy atom. The van der Waals surface area contributed by atoms with E-state index in [0.29, 0.717) is 11.1 Å². The molecule has 0 aromatic heterocycles. The second-order valence-electron chi connectivity index (χ2n) is 5.14. The molecule has 0 bridgehead atoms. The molecule has 0 unspecified atom stereocenters. The van der Waals surface area contributed by atoms with Gasteiger partial charge in [-0.25, -0.2) is 0 Å². The topological polar surface area (TPSA) is 58.2 Å². The number of halogens is 4. The molecule has 0 atom stereocenters. The first kappa shape index (κ1) is 19.2. The van der Waals surface area contributed by atoms with Gasteiger partial charge >= 0.3 is 6.18 Å². The van der Waals surface area contributed by atoms with Gasteiger partial charge in [-0.05, 0) is 52.4 Å². The SMILES string of the molecule is O=C(CNC(=O)c1ccccc1I)NCc1cccc(C(F)(F)F)c1. The average Bonchev–Trinajstić information content (AvgIpc) is 2.58. The third kappa shape index (κ3) is 5.73. The first-order valence-electron chi connectivity index (χ1n) is 7.23. The van der Waals surface area contributed by atoms with Crippen molar-refractivity contribution in [1.29, 1.82) is 0 Å². The van der Waals surface area contributed by atoms with Gasteiger partial charge in [0.2, 0.25) is 5.91 Å². The Morgan fingerprint density at radius 3 is 2.40 bits per heavy atom. The van der Waals surface area contributed by atoms with Crippen LogP contribution in [0.5, 0.6) is 0 Å². The first-order chi connectivity index (χ1) is 11.8. The summed E-state index contributed by atoms with van der Waals surface area (Å²) in [5.74, 6) is -0.879. The maximum atomic E-state index is 12.6. The molecule has 2 amide bonds. The Kier molecular flexibility index (Phi) is 6.40. The minimum atomic E-state index is -4.43. The summed E-state index contributed by atoms with van der Waals surface area (Å²) >= 11 is 2.01. The van der Waals surface area contributed by atoms with Gasteiger partial charge in [-0.2, -0.15) is 13.2 Å². The molecule has 132 valence electrons. The molecular formula is C17H14F3IN2O2. The molecule has 2 aromatic rings. The fourth-order valence-corrected chi connectivity index (χ4v) is 2.65. The molecule has 0 spiro atoms. The lowest BCUT2D eigenvalue weighted by atomic mass is 10.1. The lowest BCUT2D eigenvalue weighted by Gasteiger charge is -2.10. The lowest BCUT2D eigenvalue weighted by molar-refractivity contribution is -0.137. The Morgan fingerprint density at radius 1 is 1.00 bits per heavy atom. The summed E-state index contributed by atoms with van der Waals surface area (Å²) in [6.45, 7) is -0.315. The van der Waals surface area contributed by atoms with Crippen LogP contribution in [-0.2, 0) is 17.5 Å². The zero-order valence-corrected chi connectivity index (χ0v) is 15.0. The van der Waals surface area contributed by atoms with Crippen molar-refractivity contribution in [3.05, 3.63) is 68.8 Å². The molecule has 2 rings (SSSR count). The smallest absolute Gasteiger partial charge is 0.350 e. The molecule has 4 nitrogen and oxygen atoms in total. The Balaban J connectivity index is 1.85. The summed E-state index contributed by atoms with van der Waals surface area (Å²) in [5, 5.41) is 4.95. The number of rotatable bonds is 5. The number of carbonyl (C=O) groups is 2. The fraction of sp³-hybridized carbons (Fsp3) is 0.176. The van der Waals surface area contributed by atoms with Crippen LogP contribution in [0.1, 0.15) is 21.5 Å². The highest BCUT2D eigenvalue weighted by Gasteiger charge is 2.30. The van der Waals surface area contributed by atoms with Crippen LogP contribution in [0, 0.1) is 3.57 Å². The molecule has 0 saturated heterocycles. The molecule has 2 aromatic carbocycles. The number of benzene rings is 2. The van der Waals surface area contributed by atoms with E-state index in [0.717, 1.165) is 15.7 Å². The van der Waals surface area contributed by atoms with Gasteiger partial charge in [0.05, 0.1) is 17.7 Å². The summed E-state index contributed by atoms with van der Waals surface area (Å²) in [4.78, 5) is 23.7. The summed E-state index contributed by atoms with van der Waals surface area (Å²) < 4.78 is 38.7. The largest absolute Gasteiger partial charge is 0.416 e. The molecule has 0 aliphatic rings. The predicted molar refractivity (Wildman–Crippen MR) is 94.8 cm³/mol. The van der Waals surface area contributed by atoms with Crippen LogP contribution in [0.2, 0.25) is 0 Å². The van der Waals surface area contributed by atoms with E-state index in [-0.39, 0.29) is 19.0 Å². The minimum absolute atomic E-state index is 0.0541. The number of nitrogens with one attached hydrogen (secondary N) is 2. The Hall–Kier alpha value is -2.10. The van der Waals surface area contributed by atoms with E-state index in [9.17, 15) is 22.8 Å². The van der Waals surface area contributed by atoms with Crippen molar-refractivity contribution in [1.82, 2.24) is 10.6 Å². The third-order valence-corrected chi connectivity index (χ3v) is 4.21. The number of alkyl halides is 3. The van der Waals surface area contributed by atoms with E-state index in [4.69, 9.17) is 0 Å². The summed E-state index contributed by atoms with van der Waals surface area (Å²) in [6, 6.07) is 11.6. The second kappa shape index (κ2) is 8.32. The fourth-order valence-electron chi connectivity index (χ4n) is 2.02. The molecule has 0 saturated carbocycles. The van der Waals surface area contributed by atoms with E-state index in [1.807, 2.05) is 22.6 Å². The van der Waals surface area contributed by atoms with Crippen LogP contribution in [0.4, 0.5) is 13.2 Å². The van der Waals surface area contributed by atoms with Crippen LogP contribution in [0.3, 0.4) is 0 Å². The van der Waals surface area contributed by atoms with Gasteiger partial charge in [0.15, 0.2) is 0 Å². The van der Waals surface area contributed by atoms with Gasteiger partial charge < -0.3 is 10.6 Å². The monoisotopic (exact) mass is 462 g/mol. The molecule has 0 heterocycles. The molecule has 0 aliphatic carbocycles. The lowest BCUT2D eigenvalue weighted by Crippen LogP contribution is -2.36. The second-order valence-corrected chi connectivity index (χ2v) is 6.30. The minimum Gasteiger partial charge on any atom is -0.350 e. The van der Waals surface area contributed by atoms with Gasteiger partial charge in [0.25, 0.3) is 5.91 Å². The molecule has 8 heteroatoms. The Bertz CT molecular complexity index is 778. The summed E-state index contributed by atoms with van der Waals surface area (Å²) in [5.41, 5.74) is 0.00657. The summed E-state index contributed by atoms with van der Waals surface area (Å²) in [6.07, 6.45) is -4.43. The van der Waals surface area contributed by atoms with Crippen molar-refractivity contribution in [2.75, 3.05) is 6.54 Å². The van der Waals surface area contributed by atoms with Crippen LogP contribution in [0.15, 0.2) is 48.5 Å². The predicted octanol–water partition coefficient (Wildman–Crippen LogP) is 3.36. The van der Waals surface area contributed by atoms with E-state index >= 15 is 0 Å². The molecule has 0 fully saturated rings. The maximum absolute atomic E-state index is 12.6. The van der Waals surface area contributed by atoms with Gasteiger partial charge in [-0.3, -0.25) is 9.59 Å². The summed E-state index contributed by atoms with van der Waals surface area (Å²) in [7, 11) is 0. The number of hydrogen-bond acceptors (Lipinski definition) is 2. The highest BCUT2D eigenvalue weighted by atomic mass is 127. The number of amides is 2. The van der Waals surface area contributed by atoms with Crippen LogP contribution in [0.25, 0.3) is 0 Å². The number of hydrogen-bond donors (Lipinski definition) is 2. The van der Waals surface area contributed by atoms with Crippen LogP contribution < -0.4 is 10.6 Å². The van der Waals surface area contributed by atoms with E-state index in [1.165, 1.54) is 12.1 Å². The van der Waals surface area contributed by atoms with Gasteiger partial charge in [0, 0.05) is 10.1 Å². The third-order valence-electron chi connectivity index (χ3n) is 3.27. The highest BCUT2D eigenvalue weighted by molar-refractivity contribution is 14.1. The first-order valence-corrected chi connectivity index (χ1v) is 8.31. The molecule has 0 aliphatic heterocycles. The molecule has 0 radical (unpaired) electrons. The quantitative estimate of drug-likeness (QED) is 0.670. The van der Waals surface area contributed by atoms with Crippen LogP contribution >= 0.6 is 22.6 Å². The Labute approximate surface area is 155 Å².